The molecule has 8 heteroatoms. The fourth-order valence-electron chi connectivity index (χ4n) is 4.32. The molecule has 0 atom stereocenters. The van der Waals surface area contributed by atoms with Gasteiger partial charge in [-0.05, 0) is 44.0 Å². The summed E-state index contributed by atoms with van der Waals surface area (Å²) in [5.41, 5.74) is 5.03. The molecule has 0 bridgehead atoms. The SMILES string of the molecule is Cc1ccc(CN2CCN(C(=O)c3cccc(Cn4nc(C)c([N+](=O)[O-])c4C)c3)CC2)cc1. The van der Waals surface area contributed by atoms with Crippen LogP contribution in [-0.2, 0) is 13.1 Å². The second-order valence-electron chi connectivity index (χ2n) is 8.69. The number of amides is 1. The lowest BCUT2D eigenvalue weighted by atomic mass is 10.1. The van der Waals surface area contributed by atoms with E-state index in [4.69, 9.17) is 0 Å². The fraction of sp³-hybridized carbons (Fsp3) is 0.360. The summed E-state index contributed by atoms with van der Waals surface area (Å²) >= 11 is 0. The van der Waals surface area contributed by atoms with Gasteiger partial charge in [-0.1, -0.05) is 42.0 Å². The zero-order valence-electron chi connectivity index (χ0n) is 19.3. The average molecular weight is 448 g/mol. The molecule has 33 heavy (non-hydrogen) atoms. The molecular formula is C25H29N5O3. The van der Waals surface area contributed by atoms with Gasteiger partial charge in [-0.2, -0.15) is 5.10 Å². The Morgan fingerprint density at radius 3 is 2.30 bits per heavy atom. The third kappa shape index (κ3) is 5.12. The Hall–Kier alpha value is -3.52. The molecule has 2 aromatic carbocycles. The second kappa shape index (κ2) is 9.54. The van der Waals surface area contributed by atoms with Crippen LogP contribution in [0.1, 0.15) is 38.4 Å². The van der Waals surface area contributed by atoms with Crippen LogP contribution in [0.2, 0.25) is 0 Å². The van der Waals surface area contributed by atoms with Crippen molar-refractivity contribution in [3.63, 3.8) is 0 Å². The Morgan fingerprint density at radius 1 is 0.970 bits per heavy atom. The van der Waals surface area contributed by atoms with Crippen molar-refractivity contribution in [2.45, 2.75) is 33.9 Å². The molecule has 0 spiro atoms. The minimum Gasteiger partial charge on any atom is -0.336 e. The largest absolute Gasteiger partial charge is 0.336 e. The van der Waals surface area contributed by atoms with Gasteiger partial charge in [0, 0.05) is 38.3 Å². The van der Waals surface area contributed by atoms with E-state index in [0.29, 0.717) is 36.6 Å². The minimum absolute atomic E-state index is 0.0196. The molecule has 1 aliphatic rings. The quantitative estimate of drug-likeness (QED) is 0.425. The number of hydrogen-bond acceptors (Lipinski definition) is 5. The topological polar surface area (TPSA) is 84.5 Å². The molecule has 1 saturated heterocycles. The van der Waals surface area contributed by atoms with Crippen molar-refractivity contribution in [3.8, 4) is 0 Å². The molecule has 1 aliphatic heterocycles. The lowest BCUT2D eigenvalue weighted by Gasteiger charge is -2.35. The molecule has 1 fully saturated rings. The first-order valence-corrected chi connectivity index (χ1v) is 11.2. The highest BCUT2D eigenvalue weighted by Crippen LogP contribution is 2.23. The summed E-state index contributed by atoms with van der Waals surface area (Å²) in [7, 11) is 0. The Balaban J connectivity index is 1.39. The Kier molecular flexibility index (Phi) is 6.55. The summed E-state index contributed by atoms with van der Waals surface area (Å²) in [6.45, 7) is 9.77. The first-order valence-electron chi connectivity index (χ1n) is 11.2. The number of nitro groups is 1. The maximum atomic E-state index is 13.1. The molecule has 0 radical (unpaired) electrons. The molecule has 1 aromatic heterocycles. The van der Waals surface area contributed by atoms with Gasteiger partial charge in [0.1, 0.15) is 11.4 Å². The summed E-state index contributed by atoms with van der Waals surface area (Å²) in [5, 5.41) is 15.6. The van der Waals surface area contributed by atoms with E-state index in [2.05, 4.69) is 41.2 Å². The predicted molar refractivity (Wildman–Crippen MR) is 126 cm³/mol. The van der Waals surface area contributed by atoms with Crippen LogP contribution in [-0.4, -0.2) is 56.6 Å². The standard InChI is InChI=1S/C25H29N5O3/c1-18-7-9-21(10-8-18)16-27-11-13-28(14-12-27)25(31)23-6-4-5-22(15-23)17-29-20(3)24(30(32)33)19(2)26-29/h4-10,15H,11-14,16-17H2,1-3H3. The van der Waals surface area contributed by atoms with Crippen LogP contribution in [0.3, 0.4) is 0 Å². The van der Waals surface area contributed by atoms with Crippen molar-refractivity contribution in [2.75, 3.05) is 26.2 Å². The van der Waals surface area contributed by atoms with E-state index in [1.807, 2.05) is 29.2 Å². The van der Waals surface area contributed by atoms with Gasteiger partial charge in [0.25, 0.3) is 5.91 Å². The van der Waals surface area contributed by atoms with Crippen molar-refractivity contribution in [2.24, 2.45) is 0 Å². The van der Waals surface area contributed by atoms with Crippen LogP contribution in [0.5, 0.6) is 0 Å². The molecule has 0 aliphatic carbocycles. The van der Waals surface area contributed by atoms with Crippen LogP contribution >= 0.6 is 0 Å². The van der Waals surface area contributed by atoms with Crippen molar-refractivity contribution < 1.29 is 9.72 Å². The van der Waals surface area contributed by atoms with Crippen molar-refractivity contribution >= 4 is 11.6 Å². The number of piperazine rings is 1. The number of rotatable bonds is 6. The van der Waals surface area contributed by atoms with Gasteiger partial charge in [-0.3, -0.25) is 24.5 Å². The molecule has 0 saturated carbocycles. The van der Waals surface area contributed by atoms with Gasteiger partial charge >= 0.3 is 5.69 Å². The first kappa shape index (κ1) is 22.7. The Bertz CT molecular complexity index is 1160. The van der Waals surface area contributed by atoms with E-state index in [0.717, 1.165) is 25.2 Å². The summed E-state index contributed by atoms with van der Waals surface area (Å²) < 4.78 is 1.63. The van der Waals surface area contributed by atoms with Crippen molar-refractivity contribution in [1.29, 1.82) is 0 Å². The third-order valence-electron chi connectivity index (χ3n) is 6.22. The zero-order chi connectivity index (χ0) is 23.5. The van der Waals surface area contributed by atoms with Crippen molar-refractivity contribution in [3.05, 3.63) is 92.3 Å². The van der Waals surface area contributed by atoms with E-state index in [9.17, 15) is 14.9 Å². The zero-order valence-corrected chi connectivity index (χ0v) is 19.3. The molecule has 2 heterocycles. The fourth-order valence-corrected chi connectivity index (χ4v) is 4.32. The summed E-state index contributed by atoms with van der Waals surface area (Å²) in [6.07, 6.45) is 0. The number of aromatic nitrogens is 2. The number of aryl methyl sites for hydroxylation is 2. The third-order valence-corrected chi connectivity index (χ3v) is 6.22. The molecule has 3 aromatic rings. The first-order chi connectivity index (χ1) is 15.8. The molecule has 0 unspecified atom stereocenters. The smallest absolute Gasteiger partial charge is 0.312 e. The number of carbonyl (C=O) groups is 1. The number of hydrogen-bond donors (Lipinski definition) is 0. The van der Waals surface area contributed by atoms with Crippen LogP contribution < -0.4 is 0 Å². The highest BCUT2D eigenvalue weighted by Gasteiger charge is 2.24. The van der Waals surface area contributed by atoms with E-state index in [1.165, 1.54) is 11.1 Å². The molecule has 0 N–H and O–H groups in total. The summed E-state index contributed by atoms with van der Waals surface area (Å²) in [5.74, 6) is 0.0196. The number of nitrogens with zero attached hydrogens (tertiary/aromatic N) is 5. The van der Waals surface area contributed by atoms with E-state index >= 15 is 0 Å². The maximum Gasteiger partial charge on any atom is 0.312 e. The van der Waals surface area contributed by atoms with Gasteiger partial charge in [-0.15, -0.1) is 0 Å². The second-order valence-corrected chi connectivity index (χ2v) is 8.69. The van der Waals surface area contributed by atoms with Crippen LogP contribution in [0.15, 0.2) is 48.5 Å². The van der Waals surface area contributed by atoms with E-state index < -0.39 is 4.92 Å². The van der Waals surface area contributed by atoms with E-state index in [1.54, 1.807) is 18.5 Å². The molecule has 8 nitrogen and oxygen atoms in total. The highest BCUT2D eigenvalue weighted by atomic mass is 16.6. The number of benzene rings is 2. The monoisotopic (exact) mass is 447 g/mol. The Morgan fingerprint density at radius 2 is 1.67 bits per heavy atom. The van der Waals surface area contributed by atoms with Crippen molar-refractivity contribution in [1.82, 2.24) is 19.6 Å². The lowest BCUT2D eigenvalue weighted by Crippen LogP contribution is -2.48. The normalized spacial score (nSPS) is 14.5. The van der Waals surface area contributed by atoms with Gasteiger partial charge in [0.15, 0.2) is 0 Å². The number of carbonyl (C=O) groups excluding carboxylic acids is 1. The van der Waals surface area contributed by atoms with Gasteiger partial charge in [0.2, 0.25) is 0 Å². The Labute approximate surface area is 193 Å². The van der Waals surface area contributed by atoms with Gasteiger partial charge in [0.05, 0.1) is 11.5 Å². The average Bonchev–Trinajstić information content (AvgIpc) is 3.08. The summed E-state index contributed by atoms with van der Waals surface area (Å²) in [6, 6.07) is 16.1. The molecule has 172 valence electrons. The van der Waals surface area contributed by atoms with E-state index in [-0.39, 0.29) is 11.6 Å². The maximum absolute atomic E-state index is 13.1. The van der Waals surface area contributed by atoms with Gasteiger partial charge < -0.3 is 4.90 Å². The highest BCUT2D eigenvalue weighted by molar-refractivity contribution is 5.94. The van der Waals surface area contributed by atoms with Crippen LogP contribution in [0.25, 0.3) is 0 Å². The van der Waals surface area contributed by atoms with Gasteiger partial charge in [-0.25, -0.2) is 0 Å². The van der Waals surface area contributed by atoms with Crippen LogP contribution in [0.4, 0.5) is 5.69 Å². The molecule has 4 rings (SSSR count). The predicted octanol–water partition coefficient (Wildman–Crippen LogP) is 3.72. The lowest BCUT2D eigenvalue weighted by molar-refractivity contribution is -0.386. The molecular weight excluding hydrogens is 418 g/mol. The van der Waals surface area contributed by atoms with Crippen LogP contribution in [0, 0.1) is 30.9 Å². The minimum atomic E-state index is -0.396. The summed E-state index contributed by atoms with van der Waals surface area (Å²) in [4.78, 5) is 28.3. The molecule has 1 amide bonds.